The summed E-state index contributed by atoms with van der Waals surface area (Å²) in [6.45, 7) is 6.85. The van der Waals surface area contributed by atoms with Gasteiger partial charge in [0.05, 0.1) is 11.0 Å². The van der Waals surface area contributed by atoms with Crippen molar-refractivity contribution in [1.29, 1.82) is 5.26 Å². The van der Waals surface area contributed by atoms with Gasteiger partial charge in [-0.25, -0.2) is 0 Å². The average molecular weight is 290 g/mol. The van der Waals surface area contributed by atoms with E-state index in [2.05, 4.69) is 16.3 Å². The summed E-state index contributed by atoms with van der Waals surface area (Å²) in [5.41, 5.74) is 1.56. The largest absolute Gasteiger partial charge is 0.380 e. The van der Waals surface area contributed by atoms with E-state index in [0.717, 1.165) is 18.5 Å². The Morgan fingerprint density at radius 2 is 2.19 bits per heavy atom. The fourth-order valence-corrected chi connectivity index (χ4v) is 2.05. The molecule has 6 heteroatoms. The second-order valence-corrected chi connectivity index (χ2v) is 4.81. The molecule has 0 saturated carbocycles. The fraction of sp³-hybridized carbons (Fsp3) is 0.533. The maximum Gasteiger partial charge on any atom is 0.292 e. The van der Waals surface area contributed by atoms with Crippen LogP contribution in [0.4, 0.5) is 11.4 Å². The minimum Gasteiger partial charge on any atom is -0.380 e. The van der Waals surface area contributed by atoms with Crippen LogP contribution >= 0.6 is 0 Å². The number of nitro groups is 1. The van der Waals surface area contributed by atoms with E-state index in [1.54, 1.807) is 12.1 Å². The molecule has 0 saturated heterocycles. The first-order valence-corrected chi connectivity index (χ1v) is 7.22. The Morgan fingerprint density at radius 3 is 2.76 bits per heavy atom. The Labute approximate surface area is 125 Å². The molecular formula is C15H22N4O2. The molecule has 1 N–H and O–H groups in total. The van der Waals surface area contributed by atoms with Gasteiger partial charge < -0.3 is 5.32 Å². The van der Waals surface area contributed by atoms with E-state index in [1.807, 2.05) is 19.9 Å². The van der Waals surface area contributed by atoms with Crippen LogP contribution in [0.3, 0.4) is 0 Å². The van der Waals surface area contributed by atoms with Crippen molar-refractivity contribution in [2.24, 2.45) is 0 Å². The number of anilines is 1. The summed E-state index contributed by atoms with van der Waals surface area (Å²) >= 11 is 0. The number of nitrogens with one attached hydrogen (secondary N) is 1. The number of nitriles is 1. The summed E-state index contributed by atoms with van der Waals surface area (Å²) in [4.78, 5) is 12.9. The normalized spacial score (nSPS) is 10.4. The number of hydrogen-bond acceptors (Lipinski definition) is 5. The molecule has 0 aliphatic carbocycles. The fourth-order valence-electron chi connectivity index (χ4n) is 2.05. The molecule has 0 aromatic heterocycles. The van der Waals surface area contributed by atoms with Gasteiger partial charge in [0.15, 0.2) is 0 Å². The summed E-state index contributed by atoms with van der Waals surface area (Å²) in [6, 6.07) is 7.41. The number of hydrogen-bond donors (Lipinski definition) is 1. The monoisotopic (exact) mass is 290 g/mol. The Kier molecular flexibility index (Phi) is 7.19. The SMILES string of the molecule is CCCNc1ccc(CN(CC)CCC#N)cc1[N+](=O)[O-]. The molecule has 0 bridgehead atoms. The standard InChI is InChI=1S/C15H22N4O2/c1-3-9-17-14-7-6-13(11-15(14)19(20)21)12-18(4-2)10-5-8-16/h6-7,11,17H,3-5,9-10,12H2,1-2H3. The van der Waals surface area contributed by atoms with Crippen LogP contribution in [-0.2, 0) is 6.54 Å². The van der Waals surface area contributed by atoms with Crippen LogP contribution in [0.2, 0.25) is 0 Å². The summed E-state index contributed by atoms with van der Waals surface area (Å²) in [5, 5.41) is 22.9. The van der Waals surface area contributed by atoms with Gasteiger partial charge in [-0.15, -0.1) is 0 Å². The van der Waals surface area contributed by atoms with Gasteiger partial charge in [-0.1, -0.05) is 19.9 Å². The molecule has 0 heterocycles. The van der Waals surface area contributed by atoms with Crippen LogP contribution < -0.4 is 5.32 Å². The first-order valence-electron chi connectivity index (χ1n) is 7.22. The molecule has 0 amide bonds. The predicted molar refractivity (Wildman–Crippen MR) is 83.1 cm³/mol. The van der Waals surface area contributed by atoms with Crippen molar-refractivity contribution in [3.8, 4) is 6.07 Å². The van der Waals surface area contributed by atoms with Crippen molar-refractivity contribution >= 4 is 11.4 Å². The molecule has 1 aromatic carbocycles. The molecule has 0 unspecified atom stereocenters. The molecular weight excluding hydrogens is 268 g/mol. The Balaban J connectivity index is 2.86. The number of rotatable bonds is 9. The highest BCUT2D eigenvalue weighted by molar-refractivity contribution is 5.62. The number of benzene rings is 1. The molecule has 6 nitrogen and oxygen atoms in total. The lowest BCUT2D eigenvalue weighted by Crippen LogP contribution is -2.23. The van der Waals surface area contributed by atoms with Gasteiger partial charge >= 0.3 is 0 Å². The zero-order valence-corrected chi connectivity index (χ0v) is 12.6. The third-order valence-corrected chi connectivity index (χ3v) is 3.22. The molecule has 0 aliphatic heterocycles. The second kappa shape index (κ2) is 8.93. The highest BCUT2D eigenvalue weighted by Gasteiger charge is 2.15. The van der Waals surface area contributed by atoms with E-state index in [4.69, 9.17) is 5.26 Å². The van der Waals surface area contributed by atoms with Crippen molar-refractivity contribution in [2.75, 3.05) is 25.0 Å². The van der Waals surface area contributed by atoms with Crippen LogP contribution in [0.5, 0.6) is 0 Å². The van der Waals surface area contributed by atoms with E-state index in [0.29, 0.717) is 31.7 Å². The maximum absolute atomic E-state index is 11.2. The topological polar surface area (TPSA) is 82.2 Å². The third-order valence-electron chi connectivity index (χ3n) is 3.22. The molecule has 114 valence electrons. The molecule has 0 radical (unpaired) electrons. The van der Waals surface area contributed by atoms with Crippen molar-refractivity contribution in [3.63, 3.8) is 0 Å². The Morgan fingerprint density at radius 1 is 1.43 bits per heavy atom. The minimum absolute atomic E-state index is 0.109. The minimum atomic E-state index is -0.354. The molecule has 0 fully saturated rings. The zero-order chi connectivity index (χ0) is 15.7. The van der Waals surface area contributed by atoms with Gasteiger partial charge in [-0.3, -0.25) is 15.0 Å². The Bertz CT molecular complexity index is 511. The van der Waals surface area contributed by atoms with E-state index in [1.165, 1.54) is 0 Å². The summed E-state index contributed by atoms with van der Waals surface area (Å²) < 4.78 is 0. The van der Waals surface area contributed by atoms with Gasteiger partial charge in [0, 0.05) is 32.1 Å². The first-order chi connectivity index (χ1) is 10.1. The van der Waals surface area contributed by atoms with Crippen LogP contribution in [0.25, 0.3) is 0 Å². The van der Waals surface area contributed by atoms with Crippen LogP contribution in [0, 0.1) is 21.4 Å². The van der Waals surface area contributed by atoms with E-state index < -0.39 is 0 Å². The summed E-state index contributed by atoms with van der Waals surface area (Å²) in [5.74, 6) is 0. The van der Waals surface area contributed by atoms with Gasteiger partial charge in [0.1, 0.15) is 5.69 Å². The highest BCUT2D eigenvalue weighted by atomic mass is 16.6. The van der Waals surface area contributed by atoms with Crippen molar-refractivity contribution < 1.29 is 4.92 Å². The lowest BCUT2D eigenvalue weighted by molar-refractivity contribution is -0.384. The lowest BCUT2D eigenvalue weighted by atomic mass is 10.1. The quantitative estimate of drug-likeness (QED) is 0.558. The molecule has 0 spiro atoms. The number of nitro benzene ring substituents is 1. The predicted octanol–water partition coefficient (Wildman–Crippen LogP) is 3.15. The zero-order valence-electron chi connectivity index (χ0n) is 12.6. The van der Waals surface area contributed by atoms with Crippen LogP contribution in [0.15, 0.2) is 18.2 Å². The van der Waals surface area contributed by atoms with Crippen molar-refractivity contribution in [3.05, 3.63) is 33.9 Å². The van der Waals surface area contributed by atoms with Gasteiger partial charge in [-0.05, 0) is 24.6 Å². The lowest BCUT2D eigenvalue weighted by Gasteiger charge is -2.19. The Hall–Kier alpha value is -2.13. The van der Waals surface area contributed by atoms with E-state index >= 15 is 0 Å². The third kappa shape index (κ3) is 5.40. The van der Waals surface area contributed by atoms with Crippen LogP contribution in [-0.4, -0.2) is 29.5 Å². The van der Waals surface area contributed by atoms with Crippen molar-refractivity contribution in [2.45, 2.75) is 33.2 Å². The van der Waals surface area contributed by atoms with Crippen molar-refractivity contribution in [1.82, 2.24) is 4.90 Å². The maximum atomic E-state index is 11.2. The summed E-state index contributed by atoms with van der Waals surface area (Å²) in [7, 11) is 0. The first kappa shape index (κ1) is 16.9. The van der Waals surface area contributed by atoms with E-state index in [-0.39, 0.29) is 10.6 Å². The highest BCUT2D eigenvalue weighted by Crippen LogP contribution is 2.26. The van der Waals surface area contributed by atoms with Gasteiger partial charge in [-0.2, -0.15) is 5.26 Å². The molecule has 0 aliphatic rings. The smallest absolute Gasteiger partial charge is 0.292 e. The molecule has 21 heavy (non-hydrogen) atoms. The second-order valence-electron chi connectivity index (χ2n) is 4.81. The number of nitrogens with zero attached hydrogens (tertiary/aromatic N) is 3. The molecule has 1 aromatic rings. The van der Waals surface area contributed by atoms with Crippen LogP contribution in [0.1, 0.15) is 32.3 Å². The summed E-state index contributed by atoms with van der Waals surface area (Å²) in [6.07, 6.45) is 1.38. The molecule has 1 rings (SSSR count). The van der Waals surface area contributed by atoms with Gasteiger partial charge in [0.2, 0.25) is 0 Å². The van der Waals surface area contributed by atoms with E-state index in [9.17, 15) is 10.1 Å². The average Bonchev–Trinajstić information content (AvgIpc) is 2.49. The van der Waals surface area contributed by atoms with Gasteiger partial charge in [0.25, 0.3) is 5.69 Å². The molecule has 0 atom stereocenters.